The normalized spacial score (nSPS) is 16.3. The third-order valence-corrected chi connectivity index (χ3v) is 4.90. The number of rotatable bonds is 7. The number of fused-ring (bicyclic) bond motifs is 1. The molecule has 2 heterocycles. The number of carbonyl (C=O) groups is 1. The molecule has 0 aliphatic carbocycles. The highest BCUT2D eigenvalue weighted by Crippen LogP contribution is 2.33. The Morgan fingerprint density at radius 1 is 1.32 bits per heavy atom. The minimum atomic E-state index is -0.0346. The van der Waals surface area contributed by atoms with E-state index >= 15 is 0 Å². The smallest absolute Gasteiger partial charge is 0.254 e. The second kappa shape index (κ2) is 7.77. The molecule has 1 aromatic heterocycles. The first-order valence-electron chi connectivity index (χ1n) is 9.25. The van der Waals surface area contributed by atoms with Crippen molar-refractivity contribution in [1.29, 1.82) is 0 Å². The highest BCUT2D eigenvalue weighted by Gasteiger charge is 2.27. The van der Waals surface area contributed by atoms with E-state index in [2.05, 4.69) is 55.3 Å². The highest BCUT2D eigenvalue weighted by atomic mass is 16.3. The van der Waals surface area contributed by atoms with Gasteiger partial charge in [0, 0.05) is 18.3 Å². The molecule has 134 valence electrons. The van der Waals surface area contributed by atoms with Crippen LogP contribution in [0.15, 0.2) is 41.0 Å². The number of nitrogens with one attached hydrogen (secondary N) is 1. The van der Waals surface area contributed by atoms with Crippen molar-refractivity contribution in [2.45, 2.75) is 52.6 Å². The zero-order chi connectivity index (χ0) is 17.8. The standard InChI is InChI=1S/C21H28N2O2/c1-15(2)7-6-11-22-21(24)18-10-12-25-20(18)14-23-16(3)13-17-8-4-5-9-19(17)23/h4-5,8-10,12,15-16H,6-7,11,13-14H2,1-3H3,(H,22,24). The van der Waals surface area contributed by atoms with Crippen LogP contribution in [-0.2, 0) is 13.0 Å². The van der Waals surface area contributed by atoms with Crippen molar-refractivity contribution in [3.63, 3.8) is 0 Å². The monoisotopic (exact) mass is 340 g/mol. The Bertz CT molecular complexity index is 720. The van der Waals surface area contributed by atoms with Crippen LogP contribution in [0.3, 0.4) is 0 Å². The van der Waals surface area contributed by atoms with Gasteiger partial charge in [-0.15, -0.1) is 0 Å². The van der Waals surface area contributed by atoms with Crippen LogP contribution in [0.5, 0.6) is 0 Å². The molecule has 4 heteroatoms. The summed E-state index contributed by atoms with van der Waals surface area (Å²) in [5, 5.41) is 3.02. The topological polar surface area (TPSA) is 45.5 Å². The number of carbonyl (C=O) groups excluding carboxylic acids is 1. The van der Waals surface area contributed by atoms with E-state index in [1.54, 1.807) is 12.3 Å². The van der Waals surface area contributed by atoms with Gasteiger partial charge in [-0.1, -0.05) is 32.0 Å². The van der Waals surface area contributed by atoms with Crippen LogP contribution in [0.25, 0.3) is 0 Å². The van der Waals surface area contributed by atoms with Gasteiger partial charge < -0.3 is 14.6 Å². The van der Waals surface area contributed by atoms with Gasteiger partial charge in [-0.05, 0) is 49.8 Å². The Hall–Kier alpha value is -2.23. The first-order chi connectivity index (χ1) is 12.1. The van der Waals surface area contributed by atoms with Crippen molar-refractivity contribution in [2.24, 2.45) is 5.92 Å². The number of amides is 1. The number of nitrogens with zero attached hydrogens (tertiary/aromatic N) is 1. The van der Waals surface area contributed by atoms with E-state index in [0.29, 0.717) is 30.6 Å². The van der Waals surface area contributed by atoms with E-state index < -0.39 is 0 Å². The van der Waals surface area contributed by atoms with E-state index in [4.69, 9.17) is 4.42 Å². The maximum Gasteiger partial charge on any atom is 0.254 e. The predicted molar refractivity (Wildman–Crippen MR) is 101 cm³/mol. The molecule has 0 bridgehead atoms. The summed E-state index contributed by atoms with van der Waals surface area (Å²) < 4.78 is 5.65. The largest absolute Gasteiger partial charge is 0.467 e. The van der Waals surface area contributed by atoms with Crippen molar-refractivity contribution in [3.05, 3.63) is 53.5 Å². The Morgan fingerprint density at radius 2 is 2.12 bits per heavy atom. The lowest BCUT2D eigenvalue weighted by atomic mass is 10.1. The van der Waals surface area contributed by atoms with Crippen molar-refractivity contribution in [3.8, 4) is 0 Å². The van der Waals surface area contributed by atoms with Crippen LogP contribution >= 0.6 is 0 Å². The maximum absolute atomic E-state index is 12.5. The fourth-order valence-electron chi connectivity index (χ4n) is 3.50. The number of hydrogen-bond donors (Lipinski definition) is 1. The lowest BCUT2D eigenvalue weighted by molar-refractivity contribution is 0.0950. The van der Waals surface area contributed by atoms with E-state index in [1.165, 1.54) is 11.3 Å². The average molecular weight is 340 g/mol. The zero-order valence-electron chi connectivity index (χ0n) is 15.4. The lowest BCUT2D eigenvalue weighted by Gasteiger charge is -2.24. The molecule has 25 heavy (non-hydrogen) atoms. The van der Waals surface area contributed by atoms with Crippen molar-refractivity contribution >= 4 is 11.6 Å². The first-order valence-corrected chi connectivity index (χ1v) is 9.25. The lowest BCUT2D eigenvalue weighted by Crippen LogP contribution is -2.30. The van der Waals surface area contributed by atoms with Crippen LogP contribution in [0, 0.1) is 5.92 Å². The fraction of sp³-hybridized carbons (Fsp3) is 0.476. The van der Waals surface area contributed by atoms with E-state index in [0.717, 1.165) is 25.0 Å². The molecule has 0 fully saturated rings. The minimum Gasteiger partial charge on any atom is -0.467 e. The molecule has 0 spiro atoms. The first kappa shape index (κ1) is 17.6. The second-order valence-electron chi connectivity index (χ2n) is 7.36. The molecular formula is C21H28N2O2. The van der Waals surface area contributed by atoms with Gasteiger partial charge in [0.05, 0.1) is 18.4 Å². The van der Waals surface area contributed by atoms with Gasteiger partial charge in [0.15, 0.2) is 0 Å². The third-order valence-electron chi connectivity index (χ3n) is 4.90. The summed E-state index contributed by atoms with van der Waals surface area (Å²) in [6.45, 7) is 7.95. The van der Waals surface area contributed by atoms with Crippen LogP contribution in [0.1, 0.15) is 55.3 Å². The number of anilines is 1. The fourth-order valence-corrected chi connectivity index (χ4v) is 3.50. The SMILES string of the molecule is CC(C)CCCNC(=O)c1ccoc1CN1c2ccccc2CC1C. The Kier molecular flexibility index (Phi) is 5.47. The molecule has 1 aromatic carbocycles. The molecule has 0 saturated heterocycles. The number of hydrogen-bond acceptors (Lipinski definition) is 3. The van der Waals surface area contributed by atoms with Gasteiger partial charge >= 0.3 is 0 Å². The van der Waals surface area contributed by atoms with Crippen LogP contribution < -0.4 is 10.2 Å². The van der Waals surface area contributed by atoms with Gasteiger partial charge in [-0.2, -0.15) is 0 Å². The molecule has 1 amide bonds. The molecule has 1 aliphatic rings. The highest BCUT2D eigenvalue weighted by molar-refractivity contribution is 5.95. The number of para-hydroxylation sites is 1. The van der Waals surface area contributed by atoms with Crippen LogP contribution in [0.2, 0.25) is 0 Å². The van der Waals surface area contributed by atoms with Gasteiger partial charge in [0.1, 0.15) is 5.76 Å². The second-order valence-corrected chi connectivity index (χ2v) is 7.36. The summed E-state index contributed by atoms with van der Waals surface area (Å²) in [5.41, 5.74) is 3.26. The summed E-state index contributed by atoms with van der Waals surface area (Å²) in [5.74, 6) is 1.37. The molecule has 1 N–H and O–H groups in total. The van der Waals surface area contributed by atoms with Gasteiger partial charge in [-0.25, -0.2) is 0 Å². The summed E-state index contributed by atoms with van der Waals surface area (Å²) in [6.07, 6.45) is 4.78. The zero-order valence-corrected chi connectivity index (χ0v) is 15.4. The summed E-state index contributed by atoms with van der Waals surface area (Å²) in [7, 11) is 0. The van der Waals surface area contributed by atoms with Crippen LogP contribution in [0.4, 0.5) is 5.69 Å². The predicted octanol–water partition coefficient (Wildman–Crippen LogP) is 4.40. The maximum atomic E-state index is 12.5. The van der Waals surface area contributed by atoms with Gasteiger partial charge in [0.2, 0.25) is 0 Å². The van der Waals surface area contributed by atoms with Gasteiger partial charge in [0.25, 0.3) is 5.91 Å². The van der Waals surface area contributed by atoms with E-state index in [9.17, 15) is 4.79 Å². The molecule has 3 rings (SSSR count). The van der Waals surface area contributed by atoms with Gasteiger partial charge in [-0.3, -0.25) is 4.79 Å². The summed E-state index contributed by atoms with van der Waals surface area (Å²) in [4.78, 5) is 14.8. The number of furan rings is 1. The summed E-state index contributed by atoms with van der Waals surface area (Å²) >= 11 is 0. The molecule has 1 atom stereocenters. The minimum absolute atomic E-state index is 0.0346. The Labute approximate surface area is 150 Å². The number of benzene rings is 1. The van der Waals surface area contributed by atoms with Crippen molar-refractivity contribution in [2.75, 3.05) is 11.4 Å². The van der Waals surface area contributed by atoms with Crippen molar-refractivity contribution in [1.82, 2.24) is 5.32 Å². The Morgan fingerprint density at radius 3 is 2.92 bits per heavy atom. The van der Waals surface area contributed by atoms with E-state index in [-0.39, 0.29) is 5.91 Å². The van der Waals surface area contributed by atoms with Crippen molar-refractivity contribution < 1.29 is 9.21 Å². The van der Waals surface area contributed by atoms with Crippen LogP contribution in [-0.4, -0.2) is 18.5 Å². The molecule has 1 aliphatic heterocycles. The molecular weight excluding hydrogens is 312 g/mol. The summed E-state index contributed by atoms with van der Waals surface area (Å²) in [6, 6.07) is 10.7. The van der Waals surface area contributed by atoms with E-state index in [1.807, 2.05) is 0 Å². The average Bonchev–Trinajstić information content (AvgIpc) is 3.17. The third kappa shape index (κ3) is 4.06. The molecule has 4 nitrogen and oxygen atoms in total. The molecule has 1 unspecified atom stereocenters. The molecule has 0 radical (unpaired) electrons. The molecule has 0 saturated carbocycles. The Balaban J connectivity index is 1.65. The quantitative estimate of drug-likeness (QED) is 0.760. The molecule has 2 aromatic rings.